The standard InChI is InChI=1S/C19H30N4O4S/c1-20-28(26,27)17-9-10-18(19(12-17)23(24)25)21-13-16-8-5-11-22(16)14-15-6-3-2-4-7-15/h9-10,12,15-16,20-21H,2-8,11,13-14H2,1H3/t16-/m0/s1. The van der Waals surface area contributed by atoms with Crippen LogP contribution in [-0.2, 0) is 10.0 Å². The van der Waals surface area contributed by atoms with Gasteiger partial charge in [0.05, 0.1) is 9.82 Å². The highest BCUT2D eigenvalue weighted by molar-refractivity contribution is 7.89. The van der Waals surface area contributed by atoms with Gasteiger partial charge >= 0.3 is 0 Å². The lowest BCUT2D eigenvalue weighted by Gasteiger charge is -2.31. The molecule has 28 heavy (non-hydrogen) atoms. The van der Waals surface area contributed by atoms with Crippen LogP contribution in [0.5, 0.6) is 0 Å². The molecule has 2 N–H and O–H groups in total. The van der Waals surface area contributed by atoms with Gasteiger partial charge in [0.2, 0.25) is 10.0 Å². The van der Waals surface area contributed by atoms with E-state index >= 15 is 0 Å². The third-order valence-corrected chi connectivity index (χ3v) is 7.40. The van der Waals surface area contributed by atoms with Crippen LogP contribution >= 0.6 is 0 Å². The van der Waals surface area contributed by atoms with Crippen LogP contribution in [0, 0.1) is 16.0 Å². The second-order valence-corrected chi connectivity index (χ2v) is 9.71. The average Bonchev–Trinajstić information content (AvgIpc) is 3.13. The van der Waals surface area contributed by atoms with Crippen molar-refractivity contribution >= 4 is 21.4 Å². The van der Waals surface area contributed by atoms with Gasteiger partial charge in [-0.1, -0.05) is 19.3 Å². The molecule has 0 amide bonds. The number of nitro benzene ring substituents is 1. The van der Waals surface area contributed by atoms with Gasteiger partial charge in [-0.05, 0) is 57.3 Å². The molecule has 8 nitrogen and oxygen atoms in total. The molecule has 2 aliphatic rings. The van der Waals surface area contributed by atoms with Crippen molar-refractivity contribution < 1.29 is 13.3 Å². The number of sulfonamides is 1. The van der Waals surface area contributed by atoms with Crippen molar-refractivity contribution in [3.63, 3.8) is 0 Å². The molecule has 2 fully saturated rings. The summed E-state index contributed by atoms with van der Waals surface area (Å²) in [7, 11) is -2.43. The fraction of sp³-hybridized carbons (Fsp3) is 0.684. The smallest absolute Gasteiger partial charge is 0.293 e. The number of nitrogens with zero attached hydrogens (tertiary/aromatic N) is 2. The Bertz CT molecular complexity index is 793. The largest absolute Gasteiger partial charge is 0.378 e. The minimum absolute atomic E-state index is 0.105. The van der Waals surface area contributed by atoms with E-state index in [0.29, 0.717) is 18.3 Å². The molecule has 0 radical (unpaired) electrons. The van der Waals surface area contributed by atoms with Crippen molar-refractivity contribution in [3.05, 3.63) is 28.3 Å². The fourth-order valence-electron chi connectivity index (χ4n) is 4.39. The van der Waals surface area contributed by atoms with E-state index in [1.165, 1.54) is 51.3 Å². The Morgan fingerprint density at radius 1 is 1.18 bits per heavy atom. The van der Waals surface area contributed by atoms with Crippen LogP contribution in [0.3, 0.4) is 0 Å². The summed E-state index contributed by atoms with van der Waals surface area (Å²) in [5.41, 5.74) is 0.151. The maximum atomic E-state index is 11.9. The molecule has 156 valence electrons. The molecule has 1 aromatic rings. The highest BCUT2D eigenvalue weighted by Crippen LogP contribution is 2.30. The predicted octanol–water partition coefficient (Wildman–Crippen LogP) is 2.96. The molecule has 0 unspecified atom stereocenters. The second kappa shape index (κ2) is 9.19. The normalized spacial score (nSPS) is 21.7. The molecule has 1 atom stereocenters. The highest BCUT2D eigenvalue weighted by Gasteiger charge is 2.28. The van der Waals surface area contributed by atoms with Crippen LogP contribution in [0.2, 0.25) is 0 Å². The topological polar surface area (TPSA) is 105 Å². The number of rotatable bonds is 8. The Kier molecular flexibility index (Phi) is 6.90. The molecule has 1 saturated carbocycles. The number of hydrogen-bond donors (Lipinski definition) is 2. The lowest BCUT2D eigenvalue weighted by Crippen LogP contribution is -2.38. The second-order valence-electron chi connectivity index (χ2n) is 7.82. The summed E-state index contributed by atoms with van der Waals surface area (Å²) in [6.45, 7) is 2.84. The number of likely N-dealkylation sites (tertiary alicyclic amines) is 1. The van der Waals surface area contributed by atoms with Gasteiger partial charge in [0.15, 0.2) is 0 Å². The Morgan fingerprint density at radius 2 is 1.93 bits per heavy atom. The monoisotopic (exact) mass is 410 g/mol. The first-order chi connectivity index (χ1) is 13.4. The number of nitrogens with one attached hydrogen (secondary N) is 2. The summed E-state index contributed by atoms with van der Waals surface area (Å²) >= 11 is 0. The quantitative estimate of drug-likeness (QED) is 0.504. The van der Waals surface area contributed by atoms with Crippen LogP contribution in [-0.4, -0.2) is 51.0 Å². The minimum Gasteiger partial charge on any atom is -0.378 e. The van der Waals surface area contributed by atoms with E-state index in [1.54, 1.807) is 0 Å². The Hall–Kier alpha value is -1.71. The number of hydrogen-bond acceptors (Lipinski definition) is 6. The summed E-state index contributed by atoms with van der Waals surface area (Å²) in [5, 5.41) is 14.7. The van der Waals surface area contributed by atoms with Crippen LogP contribution < -0.4 is 10.0 Å². The van der Waals surface area contributed by atoms with Gasteiger partial charge in [-0.25, -0.2) is 13.1 Å². The fourth-order valence-corrected chi connectivity index (χ4v) is 5.14. The number of benzene rings is 1. The first-order valence-electron chi connectivity index (χ1n) is 10.1. The first-order valence-corrected chi connectivity index (χ1v) is 11.6. The number of nitro groups is 1. The highest BCUT2D eigenvalue weighted by atomic mass is 32.2. The van der Waals surface area contributed by atoms with E-state index in [2.05, 4.69) is 14.9 Å². The first kappa shape index (κ1) is 21.0. The Morgan fingerprint density at radius 3 is 2.61 bits per heavy atom. The van der Waals surface area contributed by atoms with Gasteiger partial charge in [-0.3, -0.25) is 15.0 Å². The molecule has 1 aromatic carbocycles. The zero-order chi connectivity index (χ0) is 20.1. The minimum atomic E-state index is -3.72. The predicted molar refractivity (Wildman–Crippen MR) is 109 cm³/mol. The van der Waals surface area contributed by atoms with Gasteiger partial charge in [0.25, 0.3) is 5.69 Å². The van der Waals surface area contributed by atoms with Crippen molar-refractivity contribution in [1.82, 2.24) is 9.62 Å². The molecular weight excluding hydrogens is 380 g/mol. The van der Waals surface area contributed by atoms with Gasteiger partial charge < -0.3 is 5.32 Å². The van der Waals surface area contributed by atoms with Crippen molar-refractivity contribution in [1.29, 1.82) is 0 Å². The third kappa shape index (κ3) is 5.01. The van der Waals surface area contributed by atoms with Crippen molar-refractivity contribution in [2.75, 3.05) is 32.0 Å². The molecule has 3 rings (SSSR count). The zero-order valence-corrected chi connectivity index (χ0v) is 17.2. The van der Waals surface area contributed by atoms with E-state index in [9.17, 15) is 18.5 Å². The molecule has 0 aromatic heterocycles. The zero-order valence-electron chi connectivity index (χ0n) is 16.4. The van der Waals surface area contributed by atoms with Crippen LogP contribution in [0.25, 0.3) is 0 Å². The van der Waals surface area contributed by atoms with E-state index in [4.69, 9.17) is 0 Å². The SMILES string of the molecule is CNS(=O)(=O)c1ccc(NC[C@@H]2CCCN2CC2CCCCC2)c([N+](=O)[O-])c1. The van der Waals surface area contributed by atoms with E-state index < -0.39 is 14.9 Å². The summed E-state index contributed by atoms with van der Waals surface area (Å²) < 4.78 is 26.0. The maximum absolute atomic E-state index is 11.9. The van der Waals surface area contributed by atoms with Gasteiger partial charge in [0, 0.05) is 25.2 Å². The summed E-state index contributed by atoms with van der Waals surface area (Å²) in [5.74, 6) is 0.773. The molecule has 1 aliphatic carbocycles. The van der Waals surface area contributed by atoms with Gasteiger partial charge in [-0.15, -0.1) is 0 Å². The lowest BCUT2D eigenvalue weighted by molar-refractivity contribution is -0.384. The maximum Gasteiger partial charge on any atom is 0.293 e. The molecule has 0 spiro atoms. The third-order valence-electron chi connectivity index (χ3n) is 5.99. The summed E-state index contributed by atoms with van der Waals surface area (Å²) in [6, 6.07) is 4.36. The van der Waals surface area contributed by atoms with E-state index in [1.807, 2.05) is 0 Å². The van der Waals surface area contributed by atoms with Crippen molar-refractivity contribution in [3.8, 4) is 0 Å². The van der Waals surface area contributed by atoms with Crippen LogP contribution in [0.1, 0.15) is 44.9 Å². The molecule has 0 bridgehead atoms. The van der Waals surface area contributed by atoms with E-state index in [-0.39, 0.29) is 10.6 Å². The summed E-state index contributed by atoms with van der Waals surface area (Å²) in [4.78, 5) is 13.3. The molecular formula is C19H30N4O4S. The van der Waals surface area contributed by atoms with Crippen molar-refractivity contribution in [2.45, 2.75) is 55.9 Å². The molecule has 9 heteroatoms. The molecule has 1 heterocycles. The van der Waals surface area contributed by atoms with Crippen molar-refractivity contribution in [2.24, 2.45) is 5.92 Å². The lowest BCUT2D eigenvalue weighted by atomic mass is 9.89. The Balaban J connectivity index is 1.66. The van der Waals surface area contributed by atoms with E-state index in [0.717, 1.165) is 37.9 Å². The van der Waals surface area contributed by atoms with Gasteiger partial charge in [0.1, 0.15) is 5.69 Å². The molecule has 1 saturated heterocycles. The van der Waals surface area contributed by atoms with Gasteiger partial charge in [-0.2, -0.15) is 0 Å². The Labute approximate surface area is 166 Å². The molecule has 1 aliphatic heterocycles. The number of anilines is 1. The van der Waals surface area contributed by atoms with Crippen LogP contribution in [0.4, 0.5) is 11.4 Å². The van der Waals surface area contributed by atoms with Crippen LogP contribution in [0.15, 0.2) is 23.1 Å². The average molecular weight is 411 g/mol. The summed E-state index contributed by atoms with van der Waals surface area (Å²) in [6.07, 6.45) is 8.86.